The van der Waals surface area contributed by atoms with Crippen LogP contribution >= 0.6 is 0 Å². The molecule has 7 heteroatoms. The molecule has 1 heterocycles. The van der Waals surface area contributed by atoms with Gasteiger partial charge in [-0.25, -0.2) is 9.48 Å². The smallest absolute Gasteiger partial charge is 0.315 e. The Labute approximate surface area is 113 Å². The predicted octanol–water partition coefficient (Wildman–Crippen LogP) is 1.39. The molecular weight excluding hydrogens is 244 g/mol. The molecule has 1 aliphatic rings. The largest absolute Gasteiger partial charge is 0.334 e. The first-order chi connectivity index (χ1) is 8.96. The van der Waals surface area contributed by atoms with Gasteiger partial charge in [0.05, 0.1) is 12.6 Å². The summed E-state index contributed by atoms with van der Waals surface area (Å²) in [5, 5.41) is 17.4. The summed E-state index contributed by atoms with van der Waals surface area (Å²) in [5.41, 5.74) is -0.249. The average Bonchev–Trinajstić information content (AvgIpc) is 2.94. The predicted molar refractivity (Wildman–Crippen MR) is 70.4 cm³/mol. The molecule has 2 rings (SSSR count). The fourth-order valence-electron chi connectivity index (χ4n) is 2.31. The first kappa shape index (κ1) is 13.8. The zero-order valence-electron chi connectivity index (χ0n) is 11.8. The Hall–Kier alpha value is -1.66. The molecule has 0 radical (unpaired) electrons. The van der Waals surface area contributed by atoms with E-state index >= 15 is 0 Å². The second kappa shape index (κ2) is 5.54. The minimum atomic E-state index is -0.249. The van der Waals surface area contributed by atoms with Gasteiger partial charge in [-0.2, -0.15) is 0 Å². The van der Waals surface area contributed by atoms with E-state index in [4.69, 9.17) is 0 Å². The van der Waals surface area contributed by atoms with E-state index in [0.29, 0.717) is 12.6 Å². The number of hydrogen-bond donors (Lipinski definition) is 2. The molecule has 0 bridgehead atoms. The minimum Gasteiger partial charge on any atom is -0.334 e. The number of rotatable bonds is 3. The molecule has 2 amide bonds. The summed E-state index contributed by atoms with van der Waals surface area (Å²) in [6, 6.07) is 0.186. The fourth-order valence-corrected chi connectivity index (χ4v) is 2.31. The Bertz CT molecular complexity index is 430. The van der Waals surface area contributed by atoms with Crippen LogP contribution in [-0.4, -0.2) is 31.8 Å². The van der Waals surface area contributed by atoms with Crippen LogP contribution in [0.1, 0.15) is 58.3 Å². The highest BCUT2D eigenvalue weighted by atomic mass is 16.2. The fraction of sp³-hybridized carbons (Fsp3) is 0.833. The summed E-state index contributed by atoms with van der Waals surface area (Å²) in [4.78, 5) is 11.7. The first-order valence-electron chi connectivity index (χ1n) is 6.78. The van der Waals surface area contributed by atoms with Gasteiger partial charge < -0.3 is 10.6 Å². The molecule has 0 atom stereocenters. The van der Waals surface area contributed by atoms with Crippen molar-refractivity contribution in [3.8, 4) is 0 Å². The highest BCUT2D eigenvalue weighted by Crippen LogP contribution is 2.28. The molecule has 1 aliphatic carbocycles. The second-order valence-electron chi connectivity index (χ2n) is 6.04. The lowest BCUT2D eigenvalue weighted by Gasteiger charge is -2.20. The van der Waals surface area contributed by atoms with Crippen molar-refractivity contribution >= 4 is 6.03 Å². The van der Waals surface area contributed by atoms with Crippen molar-refractivity contribution in [2.45, 2.75) is 64.6 Å². The molecule has 19 heavy (non-hydrogen) atoms. The molecule has 0 spiro atoms. The molecule has 106 valence electrons. The highest BCUT2D eigenvalue weighted by molar-refractivity contribution is 5.74. The number of nitrogens with zero attached hydrogens (tertiary/aromatic N) is 4. The van der Waals surface area contributed by atoms with E-state index in [1.54, 1.807) is 0 Å². The number of carbonyl (C=O) groups is 1. The Morgan fingerprint density at radius 3 is 2.68 bits per heavy atom. The molecule has 1 fully saturated rings. The van der Waals surface area contributed by atoms with Gasteiger partial charge >= 0.3 is 6.03 Å². The Kier molecular flexibility index (Phi) is 4.01. The average molecular weight is 266 g/mol. The van der Waals surface area contributed by atoms with Crippen LogP contribution < -0.4 is 10.6 Å². The van der Waals surface area contributed by atoms with Gasteiger partial charge in [-0.3, -0.25) is 0 Å². The molecule has 2 N–H and O–H groups in total. The van der Waals surface area contributed by atoms with Crippen molar-refractivity contribution in [3.63, 3.8) is 0 Å². The maximum absolute atomic E-state index is 11.7. The monoisotopic (exact) mass is 266 g/mol. The van der Waals surface area contributed by atoms with Gasteiger partial charge in [-0.05, 0) is 44.0 Å². The molecular formula is C12H22N6O. The lowest BCUT2D eigenvalue weighted by Crippen LogP contribution is -2.46. The van der Waals surface area contributed by atoms with Gasteiger partial charge in [0.15, 0.2) is 5.82 Å². The topological polar surface area (TPSA) is 84.7 Å². The molecule has 0 aromatic carbocycles. The van der Waals surface area contributed by atoms with Gasteiger partial charge in [0, 0.05) is 5.54 Å². The number of aromatic nitrogens is 4. The van der Waals surface area contributed by atoms with E-state index in [1.165, 1.54) is 12.8 Å². The zero-order valence-corrected chi connectivity index (χ0v) is 11.8. The first-order valence-corrected chi connectivity index (χ1v) is 6.78. The Balaban J connectivity index is 1.89. The molecule has 0 saturated heterocycles. The summed E-state index contributed by atoms with van der Waals surface area (Å²) in [5.74, 6) is 0.718. The van der Waals surface area contributed by atoms with Crippen LogP contribution in [0.5, 0.6) is 0 Å². The summed E-state index contributed by atoms with van der Waals surface area (Å²) in [6.45, 7) is 6.17. The molecule has 0 unspecified atom stereocenters. The van der Waals surface area contributed by atoms with Gasteiger partial charge in [0.25, 0.3) is 0 Å². The molecule has 1 saturated carbocycles. The van der Waals surface area contributed by atoms with Crippen LogP contribution in [0, 0.1) is 0 Å². The number of nitrogens with one attached hydrogen (secondary N) is 2. The van der Waals surface area contributed by atoms with Gasteiger partial charge in [-0.1, -0.05) is 12.8 Å². The quantitative estimate of drug-likeness (QED) is 0.865. The standard InChI is InChI=1S/C12H22N6O/c1-12(2,3)14-11(19)13-8-10-15-16-17-18(10)9-6-4-5-7-9/h9H,4-8H2,1-3H3,(H2,13,14,19). The second-order valence-corrected chi connectivity index (χ2v) is 6.04. The third-order valence-electron chi connectivity index (χ3n) is 3.13. The lowest BCUT2D eigenvalue weighted by molar-refractivity contribution is 0.231. The normalized spacial score (nSPS) is 16.6. The number of carbonyl (C=O) groups excluding carboxylic acids is 1. The molecule has 0 aliphatic heterocycles. The number of amides is 2. The van der Waals surface area contributed by atoms with Crippen LogP contribution in [0.25, 0.3) is 0 Å². The summed E-state index contributed by atoms with van der Waals surface area (Å²) < 4.78 is 1.85. The highest BCUT2D eigenvalue weighted by Gasteiger charge is 2.21. The van der Waals surface area contributed by atoms with Crippen molar-refractivity contribution in [1.82, 2.24) is 30.8 Å². The maximum Gasteiger partial charge on any atom is 0.315 e. The molecule has 1 aromatic rings. The number of urea groups is 1. The lowest BCUT2D eigenvalue weighted by atomic mass is 10.1. The van der Waals surface area contributed by atoms with E-state index in [-0.39, 0.29) is 11.6 Å². The van der Waals surface area contributed by atoms with Gasteiger partial charge in [0.1, 0.15) is 0 Å². The summed E-state index contributed by atoms with van der Waals surface area (Å²) in [6.07, 6.45) is 4.68. The van der Waals surface area contributed by atoms with E-state index in [0.717, 1.165) is 18.7 Å². The van der Waals surface area contributed by atoms with Crippen molar-refractivity contribution in [2.24, 2.45) is 0 Å². The third-order valence-corrected chi connectivity index (χ3v) is 3.13. The van der Waals surface area contributed by atoms with E-state index in [2.05, 4.69) is 26.2 Å². The van der Waals surface area contributed by atoms with Crippen molar-refractivity contribution in [2.75, 3.05) is 0 Å². The van der Waals surface area contributed by atoms with Crippen LogP contribution in [-0.2, 0) is 6.54 Å². The Morgan fingerprint density at radius 2 is 2.05 bits per heavy atom. The summed E-state index contributed by atoms with van der Waals surface area (Å²) in [7, 11) is 0. The van der Waals surface area contributed by atoms with E-state index < -0.39 is 0 Å². The van der Waals surface area contributed by atoms with E-state index in [9.17, 15) is 4.79 Å². The molecule has 7 nitrogen and oxygen atoms in total. The Morgan fingerprint density at radius 1 is 1.37 bits per heavy atom. The third kappa shape index (κ3) is 3.90. The van der Waals surface area contributed by atoms with Crippen LogP contribution in [0.15, 0.2) is 0 Å². The maximum atomic E-state index is 11.7. The zero-order chi connectivity index (χ0) is 13.9. The van der Waals surface area contributed by atoms with Crippen molar-refractivity contribution in [3.05, 3.63) is 5.82 Å². The molecule has 1 aromatic heterocycles. The van der Waals surface area contributed by atoms with Crippen molar-refractivity contribution < 1.29 is 4.79 Å². The van der Waals surface area contributed by atoms with Gasteiger partial charge in [-0.15, -0.1) is 5.10 Å². The van der Waals surface area contributed by atoms with Crippen LogP contribution in [0.2, 0.25) is 0 Å². The summed E-state index contributed by atoms with van der Waals surface area (Å²) >= 11 is 0. The number of tetrazole rings is 1. The number of hydrogen-bond acceptors (Lipinski definition) is 4. The van der Waals surface area contributed by atoms with Crippen LogP contribution in [0.4, 0.5) is 4.79 Å². The minimum absolute atomic E-state index is 0.200. The van der Waals surface area contributed by atoms with Crippen molar-refractivity contribution in [1.29, 1.82) is 0 Å². The SMILES string of the molecule is CC(C)(C)NC(=O)NCc1nnnn1C1CCCC1. The van der Waals surface area contributed by atoms with Gasteiger partial charge in [0.2, 0.25) is 0 Å². The van der Waals surface area contributed by atoms with Crippen LogP contribution in [0.3, 0.4) is 0 Å². The van der Waals surface area contributed by atoms with E-state index in [1.807, 2.05) is 25.5 Å².